The predicted molar refractivity (Wildman–Crippen MR) is 72.7 cm³/mol. The molecule has 1 rings (SSSR count). The average molecular weight is 247 g/mol. The van der Waals surface area contributed by atoms with E-state index < -0.39 is 0 Å². The van der Waals surface area contributed by atoms with E-state index in [1.165, 1.54) is 5.56 Å². The van der Waals surface area contributed by atoms with Gasteiger partial charge in [-0.05, 0) is 24.8 Å². The normalized spacial score (nSPS) is 10.1. The van der Waals surface area contributed by atoms with Crippen LogP contribution < -0.4 is 5.32 Å². The topological polar surface area (TPSA) is 46.2 Å². The SMILES string of the molecule is CCc1ccc(C(=O)CCCCC(=O)NC)cc1. The summed E-state index contributed by atoms with van der Waals surface area (Å²) >= 11 is 0. The molecule has 0 aliphatic carbocycles. The van der Waals surface area contributed by atoms with Gasteiger partial charge >= 0.3 is 0 Å². The van der Waals surface area contributed by atoms with Crippen molar-refractivity contribution in [3.8, 4) is 0 Å². The first-order chi connectivity index (χ1) is 8.67. The smallest absolute Gasteiger partial charge is 0.219 e. The van der Waals surface area contributed by atoms with Gasteiger partial charge in [-0.15, -0.1) is 0 Å². The van der Waals surface area contributed by atoms with Crippen molar-refractivity contribution < 1.29 is 9.59 Å². The maximum Gasteiger partial charge on any atom is 0.219 e. The minimum Gasteiger partial charge on any atom is -0.359 e. The van der Waals surface area contributed by atoms with E-state index in [4.69, 9.17) is 0 Å². The first-order valence-corrected chi connectivity index (χ1v) is 6.50. The summed E-state index contributed by atoms with van der Waals surface area (Å²) in [6, 6.07) is 7.77. The first kappa shape index (κ1) is 14.4. The van der Waals surface area contributed by atoms with Crippen LogP contribution in [-0.2, 0) is 11.2 Å². The number of hydrogen-bond acceptors (Lipinski definition) is 2. The van der Waals surface area contributed by atoms with Crippen LogP contribution in [-0.4, -0.2) is 18.7 Å². The number of amides is 1. The van der Waals surface area contributed by atoms with Crippen molar-refractivity contribution in [3.63, 3.8) is 0 Å². The van der Waals surface area contributed by atoms with E-state index in [2.05, 4.69) is 12.2 Å². The molecule has 18 heavy (non-hydrogen) atoms. The molecule has 0 aromatic heterocycles. The van der Waals surface area contributed by atoms with E-state index in [1.54, 1.807) is 7.05 Å². The molecule has 0 saturated carbocycles. The molecule has 0 fully saturated rings. The molecular weight excluding hydrogens is 226 g/mol. The molecule has 1 amide bonds. The summed E-state index contributed by atoms with van der Waals surface area (Å²) in [5.41, 5.74) is 2.01. The van der Waals surface area contributed by atoms with Crippen LogP contribution in [0.2, 0.25) is 0 Å². The van der Waals surface area contributed by atoms with Crippen molar-refractivity contribution >= 4 is 11.7 Å². The number of aryl methyl sites for hydroxylation is 1. The number of hydrogen-bond donors (Lipinski definition) is 1. The lowest BCUT2D eigenvalue weighted by atomic mass is 10.0. The van der Waals surface area contributed by atoms with Gasteiger partial charge in [0.2, 0.25) is 5.91 Å². The fraction of sp³-hybridized carbons (Fsp3) is 0.467. The molecule has 0 heterocycles. The second-order valence-corrected chi connectivity index (χ2v) is 4.35. The molecular formula is C15H21NO2. The van der Waals surface area contributed by atoms with Gasteiger partial charge in [-0.1, -0.05) is 31.2 Å². The summed E-state index contributed by atoms with van der Waals surface area (Å²) in [6.07, 6.45) is 3.53. The molecule has 0 atom stereocenters. The Hall–Kier alpha value is -1.64. The molecule has 0 saturated heterocycles. The number of benzene rings is 1. The van der Waals surface area contributed by atoms with E-state index in [9.17, 15) is 9.59 Å². The van der Waals surface area contributed by atoms with Gasteiger partial charge in [0, 0.05) is 25.5 Å². The summed E-state index contributed by atoms with van der Waals surface area (Å²) in [5.74, 6) is 0.198. The molecule has 0 aliphatic rings. The van der Waals surface area contributed by atoms with Crippen LogP contribution in [0.15, 0.2) is 24.3 Å². The minimum absolute atomic E-state index is 0.0368. The van der Waals surface area contributed by atoms with Crippen LogP contribution in [0.1, 0.15) is 48.5 Å². The van der Waals surface area contributed by atoms with Gasteiger partial charge in [0.1, 0.15) is 0 Å². The number of unbranched alkanes of at least 4 members (excludes halogenated alkanes) is 1. The average Bonchev–Trinajstić information content (AvgIpc) is 2.43. The van der Waals surface area contributed by atoms with E-state index >= 15 is 0 Å². The van der Waals surface area contributed by atoms with E-state index in [-0.39, 0.29) is 11.7 Å². The van der Waals surface area contributed by atoms with Crippen LogP contribution in [0.4, 0.5) is 0 Å². The molecule has 0 aliphatic heterocycles. The monoisotopic (exact) mass is 247 g/mol. The van der Waals surface area contributed by atoms with Crippen molar-refractivity contribution in [2.75, 3.05) is 7.05 Å². The fourth-order valence-corrected chi connectivity index (χ4v) is 1.77. The lowest BCUT2D eigenvalue weighted by molar-refractivity contribution is -0.120. The van der Waals surface area contributed by atoms with Gasteiger partial charge in [-0.2, -0.15) is 0 Å². The number of carbonyl (C=O) groups is 2. The Morgan fingerprint density at radius 2 is 1.67 bits per heavy atom. The molecule has 98 valence electrons. The summed E-state index contributed by atoms with van der Waals surface area (Å²) in [5, 5.41) is 2.57. The van der Waals surface area contributed by atoms with Gasteiger partial charge in [0.05, 0.1) is 0 Å². The number of ketones is 1. The predicted octanol–water partition coefficient (Wildman–Crippen LogP) is 2.74. The highest BCUT2D eigenvalue weighted by atomic mass is 16.1. The summed E-state index contributed by atoms with van der Waals surface area (Å²) < 4.78 is 0. The van der Waals surface area contributed by atoms with Gasteiger partial charge < -0.3 is 5.32 Å². The standard InChI is InChI=1S/C15H21NO2/c1-3-12-8-10-13(11-9-12)14(17)6-4-5-7-15(18)16-2/h8-11H,3-7H2,1-2H3,(H,16,18). The molecule has 0 unspecified atom stereocenters. The molecule has 1 aromatic rings. The third-order valence-corrected chi connectivity index (χ3v) is 3.02. The lowest BCUT2D eigenvalue weighted by Crippen LogP contribution is -2.17. The summed E-state index contributed by atoms with van der Waals surface area (Å²) in [4.78, 5) is 22.9. The highest BCUT2D eigenvalue weighted by molar-refractivity contribution is 5.96. The quantitative estimate of drug-likeness (QED) is 0.595. The second kappa shape index (κ2) is 7.64. The molecule has 3 nitrogen and oxygen atoms in total. The maximum absolute atomic E-state index is 11.9. The van der Waals surface area contributed by atoms with Gasteiger partial charge in [-0.3, -0.25) is 9.59 Å². The maximum atomic E-state index is 11.9. The van der Waals surface area contributed by atoms with Crippen molar-refractivity contribution in [2.45, 2.75) is 39.0 Å². The van der Waals surface area contributed by atoms with Crippen LogP contribution in [0.3, 0.4) is 0 Å². The zero-order valence-electron chi connectivity index (χ0n) is 11.2. The minimum atomic E-state index is 0.0368. The van der Waals surface area contributed by atoms with Gasteiger partial charge in [0.25, 0.3) is 0 Å². The van der Waals surface area contributed by atoms with Crippen molar-refractivity contribution in [1.29, 1.82) is 0 Å². The number of Topliss-reactive ketones (excluding diaryl/α,β-unsaturated/α-hetero) is 1. The third-order valence-electron chi connectivity index (χ3n) is 3.02. The first-order valence-electron chi connectivity index (χ1n) is 6.50. The number of carbonyl (C=O) groups excluding carboxylic acids is 2. The van der Waals surface area contributed by atoms with Gasteiger partial charge in [-0.25, -0.2) is 0 Å². The Morgan fingerprint density at radius 1 is 1.06 bits per heavy atom. The zero-order chi connectivity index (χ0) is 13.4. The Kier molecular flexibility index (Phi) is 6.12. The van der Waals surface area contributed by atoms with Gasteiger partial charge in [0.15, 0.2) is 5.78 Å². The Morgan fingerprint density at radius 3 is 2.22 bits per heavy atom. The van der Waals surface area contributed by atoms with Crippen LogP contribution in [0.25, 0.3) is 0 Å². The van der Waals surface area contributed by atoms with Crippen molar-refractivity contribution in [3.05, 3.63) is 35.4 Å². The zero-order valence-corrected chi connectivity index (χ0v) is 11.2. The van der Waals surface area contributed by atoms with E-state index in [1.807, 2.05) is 24.3 Å². The molecule has 3 heteroatoms. The van der Waals surface area contributed by atoms with E-state index in [0.717, 1.165) is 24.8 Å². The molecule has 1 aromatic carbocycles. The Labute approximate surface area is 109 Å². The molecule has 1 N–H and O–H groups in total. The third kappa shape index (κ3) is 4.70. The molecule has 0 radical (unpaired) electrons. The fourth-order valence-electron chi connectivity index (χ4n) is 1.77. The van der Waals surface area contributed by atoms with Crippen molar-refractivity contribution in [2.24, 2.45) is 0 Å². The van der Waals surface area contributed by atoms with Crippen LogP contribution >= 0.6 is 0 Å². The lowest BCUT2D eigenvalue weighted by Gasteiger charge is -2.03. The Bertz CT molecular complexity index is 395. The highest BCUT2D eigenvalue weighted by Crippen LogP contribution is 2.10. The summed E-state index contributed by atoms with van der Waals surface area (Å²) in [6.45, 7) is 2.09. The Balaban J connectivity index is 2.33. The van der Waals surface area contributed by atoms with E-state index in [0.29, 0.717) is 12.8 Å². The van der Waals surface area contributed by atoms with Crippen LogP contribution in [0.5, 0.6) is 0 Å². The number of nitrogens with one attached hydrogen (secondary N) is 1. The molecule has 0 spiro atoms. The van der Waals surface area contributed by atoms with Crippen LogP contribution in [0, 0.1) is 0 Å². The second-order valence-electron chi connectivity index (χ2n) is 4.35. The highest BCUT2D eigenvalue weighted by Gasteiger charge is 2.06. The largest absolute Gasteiger partial charge is 0.359 e. The number of rotatable bonds is 7. The summed E-state index contributed by atoms with van der Waals surface area (Å²) in [7, 11) is 1.63. The molecule has 0 bridgehead atoms. The van der Waals surface area contributed by atoms with Crippen molar-refractivity contribution in [1.82, 2.24) is 5.32 Å².